The Labute approximate surface area is 192 Å². The summed E-state index contributed by atoms with van der Waals surface area (Å²) in [6, 6.07) is 0.986. The topological polar surface area (TPSA) is 71.7 Å². The van der Waals surface area contributed by atoms with Crippen LogP contribution in [0.15, 0.2) is 0 Å². The average Bonchev–Trinajstić information content (AvgIpc) is 3.43. The molecule has 7 nitrogen and oxygen atoms in total. The molecule has 9 unspecified atom stereocenters. The number of fused-ring (bicyclic) bond motifs is 2. The van der Waals surface area contributed by atoms with E-state index in [1.165, 1.54) is 19.3 Å². The average molecular weight is 451 g/mol. The van der Waals surface area contributed by atoms with Crippen molar-refractivity contribution in [3.63, 3.8) is 0 Å². The van der Waals surface area contributed by atoms with Crippen molar-refractivity contribution in [3.8, 4) is 0 Å². The van der Waals surface area contributed by atoms with Crippen molar-refractivity contribution >= 4 is 5.91 Å². The number of hydrogen-bond acceptors (Lipinski definition) is 6. The first-order valence-corrected chi connectivity index (χ1v) is 13.0. The number of piperidine rings is 1. The van der Waals surface area contributed by atoms with Crippen molar-refractivity contribution in [2.75, 3.05) is 27.2 Å². The van der Waals surface area contributed by atoms with E-state index in [2.05, 4.69) is 52.3 Å². The van der Waals surface area contributed by atoms with Gasteiger partial charge in [0.05, 0.1) is 12.2 Å². The molecular formula is C24H43FN6O. The van der Waals surface area contributed by atoms with Gasteiger partial charge in [-0.1, -0.05) is 13.3 Å². The lowest BCUT2D eigenvalue weighted by molar-refractivity contribution is -0.124. The number of hydrazine groups is 1. The van der Waals surface area contributed by atoms with Crippen LogP contribution >= 0.6 is 0 Å². The van der Waals surface area contributed by atoms with Crippen LogP contribution < -0.4 is 21.5 Å². The van der Waals surface area contributed by atoms with Crippen LogP contribution in [-0.2, 0) is 4.79 Å². The molecule has 3 saturated heterocycles. The summed E-state index contributed by atoms with van der Waals surface area (Å²) in [4.78, 5) is 18.1. The second kappa shape index (κ2) is 9.45. The minimum absolute atomic E-state index is 0.00523. The highest BCUT2D eigenvalue weighted by molar-refractivity contribution is 5.82. The maximum Gasteiger partial charge on any atom is 0.237 e. The Bertz CT molecular complexity index is 653. The van der Waals surface area contributed by atoms with E-state index in [-0.39, 0.29) is 36.0 Å². The maximum atomic E-state index is 14.5. The highest BCUT2D eigenvalue weighted by Gasteiger charge is 2.49. The van der Waals surface area contributed by atoms with Gasteiger partial charge in [-0.05, 0) is 65.0 Å². The molecule has 5 fully saturated rings. The molecule has 5 rings (SSSR count). The molecule has 1 amide bonds. The number of likely N-dealkylation sites (tertiary alicyclic amines) is 1. The van der Waals surface area contributed by atoms with Gasteiger partial charge in [0.15, 0.2) is 0 Å². The Morgan fingerprint density at radius 1 is 1.00 bits per heavy atom. The van der Waals surface area contributed by atoms with Crippen LogP contribution in [0.3, 0.4) is 0 Å². The van der Waals surface area contributed by atoms with Gasteiger partial charge in [-0.15, -0.1) is 0 Å². The summed E-state index contributed by atoms with van der Waals surface area (Å²) in [5, 5.41) is 6.86. The van der Waals surface area contributed by atoms with Crippen LogP contribution in [0.1, 0.15) is 58.3 Å². The van der Waals surface area contributed by atoms with E-state index in [0.29, 0.717) is 36.9 Å². The van der Waals surface area contributed by atoms with Gasteiger partial charge in [-0.2, -0.15) is 0 Å². The Kier molecular flexibility index (Phi) is 6.78. The number of amides is 1. The first-order chi connectivity index (χ1) is 15.4. The summed E-state index contributed by atoms with van der Waals surface area (Å²) in [5.41, 5.74) is 7.14. The minimum Gasteiger partial charge on any atom is -0.350 e. The molecule has 9 atom stereocenters. The van der Waals surface area contributed by atoms with E-state index in [1.807, 2.05) is 0 Å². The van der Waals surface area contributed by atoms with E-state index in [1.54, 1.807) is 0 Å². The number of alkyl halides is 1. The normalized spacial score (nSPS) is 45.6. The predicted octanol–water partition coefficient (Wildman–Crippen LogP) is 1.21. The molecule has 0 aromatic carbocycles. The predicted molar refractivity (Wildman–Crippen MR) is 124 cm³/mol. The fourth-order valence-electron chi connectivity index (χ4n) is 7.37. The van der Waals surface area contributed by atoms with Gasteiger partial charge in [0.25, 0.3) is 0 Å². The Balaban J connectivity index is 1.17. The Morgan fingerprint density at radius 2 is 1.78 bits per heavy atom. The first kappa shape index (κ1) is 23.0. The van der Waals surface area contributed by atoms with Gasteiger partial charge in [0.2, 0.25) is 5.91 Å². The number of halogens is 1. The SMILES string of the molecule is CC1CCC(F)C2CC(C(=O)NC3CCCC4C3NNC4N3CCC(N(C)C)CC3)NC12. The lowest BCUT2D eigenvalue weighted by atomic mass is 9.77. The molecule has 2 saturated carbocycles. The molecular weight excluding hydrogens is 407 g/mol. The molecule has 2 aliphatic carbocycles. The molecule has 32 heavy (non-hydrogen) atoms. The molecule has 4 N–H and O–H groups in total. The number of carbonyl (C=O) groups is 1. The van der Waals surface area contributed by atoms with Crippen molar-refractivity contribution in [2.24, 2.45) is 17.8 Å². The number of nitrogens with one attached hydrogen (secondary N) is 4. The molecule has 8 heteroatoms. The molecule has 0 spiro atoms. The minimum atomic E-state index is -0.765. The van der Waals surface area contributed by atoms with Gasteiger partial charge in [0.1, 0.15) is 6.17 Å². The monoisotopic (exact) mass is 450 g/mol. The van der Waals surface area contributed by atoms with Crippen LogP contribution in [-0.4, -0.2) is 85.4 Å². The molecule has 3 heterocycles. The number of rotatable bonds is 4. The Morgan fingerprint density at radius 3 is 2.50 bits per heavy atom. The van der Waals surface area contributed by atoms with Crippen molar-refractivity contribution in [1.82, 2.24) is 31.3 Å². The molecule has 182 valence electrons. The van der Waals surface area contributed by atoms with E-state index in [9.17, 15) is 9.18 Å². The second-order valence-electron chi connectivity index (χ2n) is 11.4. The molecule has 0 aromatic heterocycles. The second-order valence-corrected chi connectivity index (χ2v) is 11.4. The van der Waals surface area contributed by atoms with Gasteiger partial charge >= 0.3 is 0 Å². The summed E-state index contributed by atoms with van der Waals surface area (Å²) >= 11 is 0. The lowest BCUT2D eigenvalue weighted by Gasteiger charge is -2.42. The third-order valence-corrected chi connectivity index (χ3v) is 9.36. The summed E-state index contributed by atoms with van der Waals surface area (Å²) in [6.07, 6.45) is 7.57. The highest BCUT2D eigenvalue weighted by Crippen LogP contribution is 2.39. The largest absolute Gasteiger partial charge is 0.350 e. The van der Waals surface area contributed by atoms with Crippen LogP contribution in [0, 0.1) is 17.8 Å². The van der Waals surface area contributed by atoms with E-state index >= 15 is 0 Å². The van der Waals surface area contributed by atoms with Crippen molar-refractivity contribution in [2.45, 2.75) is 101 Å². The van der Waals surface area contributed by atoms with Crippen LogP contribution in [0.25, 0.3) is 0 Å². The molecule has 0 radical (unpaired) electrons. The van der Waals surface area contributed by atoms with Gasteiger partial charge in [0, 0.05) is 49.1 Å². The maximum absolute atomic E-state index is 14.5. The van der Waals surface area contributed by atoms with Crippen molar-refractivity contribution in [1.29, 1.82) is 0 Å². The fraction of sp³-hybridized carbons (Fsp3) is 0.958. The van der Waals surface area contributed by atoms with E-state index < -0.39 is 6.17 Å². The molecule has 0 bridgehead atoms. The van der Waals surface area contributed by atoms with Crippen molar-refractivity contribution in [3.05, 3.63) is 0 Å². The number of nitrogens with zero attached hydrogens (tertiary/aromatic N) is 2. The first-order valence-electron chi connectivity index (χ1n) is 13.0. The van der Waals surface area contributed by atoms with Gasteiger partial charge in [-0.25, -0.2) is 9.82 Å². The van der Waals surface area contributed by atoms with Crippen LogP contribution in [0.5, 0.6) is 0 Å². The fourth-order valence-corrected chi connectivity index (χ4v) is 7.37. The molecule has 5 aliphatic rings. The van der Waals surface area contributed by atoms with Gasteiger partial charge in [-0.3, -0.25) is 15.1 Å². The molecule has 3 aliphatic heterocycles. The zero-order valence-corrected chi connectivity index (χ0v) is 20.0. The van der Waals surface area contributed by atoms with Crippen molar-refractivity contribution < 1.29 is 9.18 Å². The van der Waals surface area contributed by atoms with Crippen LogP contribution in [0.4, 0.5) is 4.39 Å². The quantitative estimate of drug-likeness (QED) is 0.516. The lowest BCUT2D eigenvalue weighted by Crippen LogP contribution is -2.57. The summed E-state index contributed by atoms with van der Waals surface area (Å²) in [6.45, 7) is 4.44. The zero-order valence-electron chi connectivity index (χ0n) is 20.0. The van der Waals surface area contributed by atoms with E-state index in [4.69, 9.17) is 0 Å². The van der Waals surface area contributed by atoms with Crippen LogP contribution in [0.2, 0.25) is 0 Å². The van der Waals surface area contributed by atoms with E-state index in [0.717, 1.165) is 32.4 Å². The number of carbonyl (C=O) groups excluding carboxylic acids is 1. The Hall–Kier alpha value is -0.800. The smallest absolute Gasteiger partial charge is 0.237 e. The summed E-state index contributed by atoms with van der Waals surface area (Å²) in [7, 11) is 4.37. The zero-order chi connectivity index (χ0) is 22.4. The van der Waals surface area contributed by atoms with Gasteiger partial charge < -0.3 is 15.5 Å². The number of hydrogen-bond donors (Lipinski definition) is 4. The highest BCUT2D eigenvalue weighted by atomic mass is 19.1. The molecule has 0 aromatic rings. The third-order valence-electron chi connectivity index (χ3n) is 9.36. The summed E-state index contributed by atoms with van der Waals surface area (Å²) in [5.74, 6) is 1.03. The third kappa shape index (κ3) is 4.33. The standard InChI is InChI=1S/C24H43FN6O/c1-14-7-8-18(25)17-13-20(26-21(14)17)24(32)27-19-6-4-5-16-22(19)28-29-23(16)31-11-9-15(10-12-31)30(2)3/h14-23,26,28-29H,4-13H2,1-3H3,(H,27,32). The summed E-state index contributed by atoms with van der Waals surface area (Å²) < 4.78 is 14.5.